The number of hydrogen-bond donors (Lipinski definition) is 1. The first kappa shape index (κ1) is 13.9. The number of halogens is 1. The normalized spacial score (nSPS) is 11.6. The van der Waals surface area contributed by atoms with E-state index >= 15 is 0 Å². The topological polar surface area (TPSA) is 24.1 Å². The molecule has 2 aromatic rings. The Balaban J connectivity index is 2.42. The van der Waals surface area contributed by atoms with Crippen LogP contribution < -0.4 is 4.57 Å². The molecule has 1 aromatic heterocycles. The maximum Gasteiger partial charge on any atom is 0.177 e. The van der Waals surface area contributed by atoms with E-state index in [1.165, 1.54) is 0 Å². The van der Waals surface area contributed by atoms with Crippen molar-refractivity contribution in [3.05, 3.63) is 58.9 Å². The van der Waals surface area contributed by atoms with Gasteiger partial charge in [0.25, 0.3) is 0 Å². The van der Waals surface area contributed by atoms with Crippen molar-refractivity contribution in [1.29, 1.82) is 0 Å². The van der Waals surface area contributed by atoms with Gasteiger partial charge < -0.3 is 5.11 Å². The molecule has 0 fully saturated rings. The Bertz CT molecular complexity index is 573. The van der Waals surface area contributed by atoms with Gasteiger partial charge in [-0.1, -0.05) is 38.4 Å². The van der Waals surface area contributed by atoms with Crippen molar-refractivity contribution >= 4 is 11.6 Å². The molecule has 2 nitrogen and oxygen atoms in total. The van der Waals surface area contributed by atoms with Crippen molar-refractivity contribution in [2.24, 2.45) is 0 Å². The first-order valence-corrected chi connectivity index (χ1v) is 6.71. The van der Waals surface area contributed by atoms with Gasteiger partial charge in [0.2, 0.25) is 0 Å². The third-order valence-electron chi connectivity index (χ3n) is 3.14. The Morgan fingerprint density at radius 3 is 2.32 bits per heavy atom. The average Bonchev–Trinajstić information content (AvgIpc) is 2.34. The molecule has 2 rings (SSSR count). The maximum absolute atomic E-state index is 10.1. The quantitative estimate of drug-likeness (QED) is 0.832. The zero-order valence-corrected chi connectivity index (χ0v) is 12.3. The summed E-state index contributed by atoms with van der Waals surface area (Å²) in [5, 5.41) is 10.5. The van der Waals surface area contributed by atoms with E-state index in [1.807, 2.05) is 47.3 Å². The average molecular weight is 277 g/mol. The van der Waals surface area contributed by atoms with E-state index in [0.717, 1.165) is 11.1 Å². The number of phenolic OH excluding ortho intramolecular Hbond substituents is 1. The standard InChI is InChI=1S/C16H18ClNO/c1-16(2,3)13-9-12(15(19)14(17)10-13)11-18-7-5-4-6-8-18/h4-10H,11H2,1-3H3/p+1. The van der Waals surface area contributed by atoms with Crippen LogP contribution in [0.2, 0.25) is 5.02 Å². The Hall–Kier alpha value is -1.54. The van der Waals surface area contributed by atoms with Crippen LogP contribution >= 0.6 is 11.6 Å². The summed E-state index contributed by atoms with van der Waals surface area (Å²) < 4.78 is 2.01. The van der Waals surface area contributed by atoms with Crippen LogP contribution in [0.3, 0.4) is 0 Å². The molecule has 0 amide bonds. The van der Waals surface area contributed by atoms with E-state index in [9.17, 15) is 5.11 Å². The molecule has 1 heterocycles. The van der Waals surface area contributed by atoms with Gasteiger partial charge in [-0.2, -0.15) is 0 Å². The molecule has 0 aliphatic rings. The van der Waals surface area contributed by atoms with E-state index in [0.29, 0.717) is 11.6 Å². The first-order chi connectivity index (χ1) is 8.88. The number of aromatic hydroxyl groups is 1. The van der Waals surface area contributed by atoms with E-state index < -0.39 is 0 Å². The predicted molar refractivity (Wildman–Crippen MR) is 77.6 cm³/mol. The van der Waals surface area contributed by atoms with Crippen molar-refractivity contribution in [3.63, 3.8) is 0 Å². The molecule has 0 saturated carbocycles. The highest BCUT2D eigenvalue weighted by Gasteiger charge is 2.19. The summed E-state index contributed by atoms with van der Waals surface area (Å²) in [6.07, 6.45) is 3.94. The van der Waals surface area contributed by atoms with Crippen molar-refractivity contribution in [2.45, 2.75) is 32.7 Å². The second kappa shape index (κ2) is 5.22. The van der Waals surface area contributed by atoms with Gasteiger partial charge in [-0.25, -0.2) is 4.57 Å². The van der Waals surface area contributed by atoms with E-state index in [-0.39, 0.29) is 11.2 Å². The minimum atomic E-state index is 0.00739. The lowest BCUT2D eigenvalue weighted by molar-refractivity contribution is -0.688. The highest BCUT2D eigenvalue weighted by atomic mass is 35.5. The molecule has 1 aromatic carbocycles. The minimum absolute atomic E-state index is 0.00739. The molecule has 1 N–H and O–H groups in total. The molecule has 0 spiro atoms. The van der Waals surface area contributed by atoms with Crippen molar-refractivity contribution in [1.82, 2.24) is 0 Å². The van der Waals surface area contributed by atoms with Crippen LogP contribution in [0.1, 0.15) is 31.9 Å². The molecular formula is C16H19ClNO+. The van der Waals surface area contributed by atoms with Crippen LogP contribution in [-0.4, -0.2) is 5.11 Å². The van der Waals surface area contributed by atoms with E-state index in [1.54, 1.807) is 0 Å². The summed E-state index contributed by atoms with van der Waals surface area (Å²) in [4.78, 5) is 0. The molecular weight excluding hydrogens is 258 g/mol. The molecule has 19 heavy (non-hydrogen) atoms. The molecule has 0 unspecified atom stereocenters. The van der Waals surface area contributed by atoms with Gasteiger partial charge in [0, 0.05) is 12.1 Å². The summed E-state index contributed by atoms with van der Waals surface area (Å²) in [5.74, 6) is 0.172. The lowest BCUT2D eigenvalue weighted by Gasteiger charge is -2.20. The number of aromatic nitrogens is 1. The molecule has 0 atom stereocenters. The molecule has 0 saturated heterocycles. The van der Waals surface area contributed by atoms with Gasteiger partial charge in [0.05, 0.1) is 10.6 Å². The van der Waals surface area contributed by atoms with Gasteiger partial charge in [0.15, 0.2) is 18.9 Å². The Morgan fingerprint density at radius 2 is 1.74 bits per heavy atom. The lowest BCUT2D eigenvalue weighted by atomic mass is 9.86. The highest BCUT2D eigenvalue weighted by Crippen LogP contribution is 2.33. The first-order valence-electron chi connectivity index (χ1n) is 6.34. The van der Waals surface area contributed by atoms with Crippen LogP contribution in [0, 0.1) is 0 Å². The fourth-order valence-electron chi connectivity index (χ4n) is 1.95. The maximum atomic E-state index is 10.1. The Kier molecular flexibility index (Phi) is 3.81. The molecule has 0 aliphatic carbocycles. The van der Waals surface area contributed by atoms with Crippen LogP contribution in [0.4, 0.5) is 0 Å². The molecule has 3 heteroatoms. The number of benzene rings is 1. The Labute approximate surface area is 119 Å². The van der Waals surface area contributed by atoms with Crippen LogP contribution in [0.5, 0.6) is 5.75 Å². The summed E-state index contributed by atoms with van der Waals surface area (Å²) in [6, 6.07) is 9.77. The fraction of sp³-hybridized carbons (Fsp3) is 0.312. The SMILES string of the molecule is CC(C)(C)c1cc(Cl)c(O)c(C[n+]2ccccc2)c1. The number of pyridine rings is 1. The van der Waals surface area contributed by atoms with Crippen LogP contribution in [0.15, 0.2) is 42.7 Å². The van der Waals surface area contributed by atoms with E-state index in [2.05, 4.69) is 20.8 Å². The second-order valence-corrected chi connectivity index (χ2v) is 6.17. The third-order valence-corrected chi connectivity index (χ3v) is 3.43. The molecule has 0 radical (unpaired) electrons. The number of hydrogen-bond acceptors (Lipinski definition) is 1. The van der Waals surface area contributed by atoms with Crippen molar-refractivity contribution in [3.8, 4) is 5.75 Å². The predicted octanol–water partition coefficient (Wildman–Crippen LogP) is 3.68. The summed E-state index contributed by atoms with van der Waals surface area (Å²) in [6.45, 7) is 7.01. The van der Waals surface area contributed by atoms with Gasteiger partial charge in [-0.15, -0.1) is 0 Å². The zero-order valence-electron chi connectivity index (χ0n) is 11.5. The minimum Gasteiger partial charge on any atom is -0.506 e. The zero-order chi connectivity index (χ0) is 14.0. The third kappa shape index (κ3) is 3.27. The number of phenols is 1. The molecule has 0 aliphatic heterocycles. The molecule has 100 valence electrons. The number of rotatable bonds is 2. The van der Waals surface area contributed by atoms with Crippen molar-refractivity contribution < 1.29 is 9.67 Å². The van der Waals surface area contributed by atoms with Crippen molar-refractivity contribution in [2.75, 3.05) is 0 Å². The largest absolute Gasteiger partial charge is 0.506 e. The van der Waals surface area contributed by atoms with Crippen LogP contribution in [0.25, 0.3) is 0 Å². The van der Waals surface area contributed by atoms with Crippen LogP contribution in [-0.2, 0) is 12.0 Å². The summed E-state index contributed by atoms with van der Waals surface area (Å²) in [7, 11) is 0. The highest BCUT2D eigenvalue weighted by molar-refractivity contribution is 6.32. The second-order valence-electron chi connectivity index (χ2n) is 5.76. The monoisotopic (exact) mass is 276 g/mol. The smallest absolute Gasteiger partial charge is 0.177 e. The van der Waals surface area contributed by atoms with Gasteiger partial charge >= 0.3 is 0 Å². The Morgan fingerprint density at radius 1 is 1.11 bits per heavy atom. The number of nitrogens with zero attached hydrogens (tertiary/aromatic N) is 1. The van der Waals surface area contributed by atoms with E-state index in [4.69, 9.17) is 11.6 Å². The van der Waals surface area contributed by atoms with Gasteiger partial charge in [-0.05, 0) is 23.1 Å². The summed E-state index contributed by atoms with van der Waals surface area (Å²) >= 11 is 6.13. The summed E-state index contributed by atoms with van der Waals surface area (Å²) in [5.41, 5.74) is 1.98. The van der Waals surface area contributed by atoms with Gasteiger partial charge in [0.1, 0.15) is 5.75 Å². The van der Waals surface area contributed by atoms with Gasteiger partial charge in [-0.3, -0.25) is 0 Å². The fourth-order valence-corrected chi connectivity index (χ4v) is 2.18. The lowest BCUT2D eigenvalue weighted by Crippen LogP contribution is -2.33. The molecule has 0 bridgehead atoms.